The Morgan fingerprint density at radius 2 is 2.53 bits per heavy atom. The SMILES string of the molecule is COC(C)CNC(=O)c1csc(CN)n1. The normalized spacial score (nSPS) is 12.5. The molecule has 0 radical (unpaired) electrons. The van der Waals surface area contributed by atoms with Crippen molar-refractivity contribution < 1.29 is 9.53 Å². The highest BCUT2D eigenvalue weighted by Crippen LogP contribution is 2.08. The van der Waals surface area contributed by atoms with Crippen LogP contribution in [0.15, 0.2) is 5.38 Å². The molecule has 0 aliphatic heterocycles. The number of carbonyl (C=O) groups is 1. The number of methoxy groups -OCH3 is 1. The number of nitrogens with one attached hydrogen (secondary N) is 1. The summed E-state index contributed by atoms with van der Waals surface area (Å²) in [5, 5.41) is 5.19. The van der Waals surface area contributed by atoms with E-state index in [0.717, 1.165) is 5.01 Å². The number of thiazole rings is 1. The lowest BCUT2D eigenvalue weighted by Crippen LogP contribution is -2.31. The Bertz CT molecular complexity index is 327. The van der Waals surface area contributed by atoms with E-state index in [1.807, 2.05) is 6.92 Å². The first-order chi connectivity index (χ1) is 7.17. The van der Waals surface area contributed by atoms with Crippen molar-refractivity contribution in [2.24, 2.45) is 5.73 Å². The zero-order valence-electron chi connectivity index (χ0n) is 8.82. The van der Waals surface area contributed by atoms with E-state index < -0.39 is 0 Å². The lowest BCUT2D eigenvalue weighted by Gasteiger charge is -2.09. The second-order valence-corrected chi connectivity index (χ2v) is 4.03. The second-order valence-electron chi connectivity index (χ2n) is 3.09. The third kappa shape index (κ3) is 3.58. The molecule has 84 valence electrons. The standard InChI is InChI=1S/C9H15N3O2S/c1-6(14-2)4-11-9(13)7-5-15-8(3-10)12-7/h5-6H,3-4,10H2,1-2H3,(H,11,13). The highest BCUT2D eigenvalue weighted by atomic mass is 32.1. The van der Waals surface area contributed by atoms with E-state index in [4.69, 9.17) is 10.5 Å². The van der Waals surface area contributed by atoms with Crippen molar-refractivity contribution in [1.82, 2.24) is 10.3 Å². The minimum absolute atomic E-state index is 0.00145. The molecule has 1 unspecified atom stereocenters. The number of hydrogen-bond donors (Lipinski definition) is 2. The Balaban J connectivity index is 2.46. The Morgan fingerprint density at radius 1 is 1.80 bits per heavy atom. The maximum atomic E-state index is 11.5. The van der Waals surface area contributed by atoms with Crippen LogP contribution in [0.1, 0.15) is 22.4 Å². The van der Waals surface area contributed by atoms with Gasteiger partial charge in [0.1, 0.15) is 10.7 Å². The first-order valence-corrected chi connectivity index (χ1v) is 5.50. The number of hydrogen-bond acceptors (Lipinski definition) is 5. The Labute approximate surface area is 92.6 Å². The van der Waals surface area contributed by atoms with Crippen LogP contribution >= 0.6 is 11.3 Å². The summed E-state index contributed by atoms with van der Waals surface area (Å²) in [6.45, 7) is 2.73. The van der Waals surface area contributed by atoms with Crippen LogP contribution in [0.5, 0.6) is 0 Å². The molecule has 1 aromatic rings. The second kappa shape index (κ2) is 5.79. The molecule has 3 N–H and O–H groups in total. The van der Waals surface area contributed by atoms with Crippen LogP contribution in [-0.2, 0) is 11.3 Å². The van der Waals surface area contributed by atoms with Gasteiger partial charge in [-0.25, -0.2) is 4.98 Å². The fraction of sp³-hybridized carbons (Fsp3) is 0.556. The lowest BCUT2D eigenvalue weighted by molar-refractivity contribution is 0.0866. The molecule has 15 heavy (non-hydrogen) atoms. The molecule has 0 saturated carbocycles. The van der Waals surface area contributed by atoms with E-state index >= 15 is 0 Å². The number of carbonyl (C=O) groups excluding carboxylic acids is 1. The Morgan fingerprint density at radius 3 is 3.07 bits per heavy atom. The van der Waals surface area contributed by atoms with Gasteiger partial charge in [-0.15, -0.1) is 11.3 Å². The van der Waals surface area contributed by atoms with Crippen molar-refractivity contribution in [3.8, 4) is 0 Å². The molecule has 1 rings (SSSR count). The molecule has 0 bridgehead atoms. The largest absolute Gasteiger partial charge is 0.380 e. The maximum absolute atomic E-state index is 11.5. The Kier molecular flexibility index (Phi) is 4.67. The number of nitrogens with two attached hydrogens (primary N) is 1. The van der Waals surface area contributed by atoms with Crippen molar-refractivity contribution in [2.45, 2.75) is 19.6 Å². The highest BCUT2D eigenvalue weighted by molar-refractivity contribution is 7.09. The quantitative estimate of drug-likeness (QED) is 0.764. The molecule has 6 heteroatoms. The molecule has 0 aliphatic rings. The van der Waals surface area contributed by atoms with Gasteiger partial charge >= 0.3 is 0 Å². The Hall–Kier alpha value is -0.980. The summed E-state index contributed by atoms with van der Waals surface area (Å²) in [6, 6.07) is 0. The van der Waals surface area contributed by atoms with Gasteiger partial charge in [-0.2, -0.15) is 0 Å². The summed E-state index contributed by atoms with van der Waals surface area (Å²) in [5.74, 6) is -0.185. The summed E-state index contributed by atoms with van der Waals surface area (Å²) >= 11 is 1.39. The molecule has 0 fully saturated rings. The third-order valence-electron chi connectivity index (χ3n) is 1.91. The van der Waals surface area contributed by atoms with Crippen molar-refractivity contribution in [3.63, 3.8) is 0 Å². The van der Waals surface area contributed by atoms with E-state index in [0.29, 0.717) is 18.8 Å². The van der Waals surface area contributed by atoms with Gasteiger partial charge in [-0.1, -0.05) is 0 Å². The van der Waals surface area contributed by atoms with E-state index in [2.05, 4.69) is 10.3 Å². The predicted octanol–water partition coefficient (Wildman–Crippen LogP) is 0.366. The summed E-state index contributed by atoms with van der Waals surface area (Å²) < 4.78 is 5.01. The average molecular weight is 229 g/mol. The first kappa shape index (κ1) is 12.1. The van der Waals surface area contributed by atoms with Crippen LogP contribution in [0.25, 0.3) is 0 Å². The van der Waals surface area contributed by atoms with Gasteiger partial charge in [-0.05, 0) is 6.92 Å². The number of ether oxygens (including phenoxy) is 1. The van der Waals surface area contributed by atoms with Gasteiger partial charge < -0.3 is 15.8 Å². The monoisotopic (exact) mass is 229 g/mol. The predicted molar refractivity (Wildman–Crippen MR) is 58.8 cm³/mol. The maximum Gasteiger partial charge on any atom is 0.270 e. The number of rotatable bonds is 5. The van der Waals surface area contributed by atoms with Gasteiger partial charge in [0.15, 0.2) is 0 Å². The zero-order valence-corrected chi connectivity index (χ0v) is 9.63. The van der Waals surface area contributed by atoms with E-state index in [9.17, 15) is 4.79 Å². The number of aromatic nitrogens is 1. The van der Waals surface area contributed by atoms with Crippen LogP contribution in [-0.4, -0.2) is 30.6 Å². The van der Waals surface area contributed by atoms with E-state index in [1.54, 1.807) is 12.5 Å². The summed E-state index contributed by atoms with van der Waals surface area (Å²) in [5.41, 5.74) is 5.82. The molecule has 1 heterocycles. The van der Waals surface area contributed by atoms with Gasteiger partial charge in [0, 0.05) is 25.6 Å². The van der Waals surface area contributed by atoms with E-state index in [1.165, 1.54) is 11.3 Å². The molecule has 0 aromatic carbocycles. The molecule has 0 spiro atoms. The van der Waals surface area contributed by atoms with Crippen molar-refractivity contribution in [1.29, 1.82) is 0 Å². The molecule has 1 atom stereocenters. The minimum atomic E-state index is -0.185. The smallest absolute Gasteiger partial charge is 0.270 e. The third-order valence-corrected chi connectivity index (χ3v) is 2.78. The molecule has 1 amide bonds. The zero-order chi connectivity index (χ0) is 11.3. The minimum Gasteiger partial charge on any atom is -0.380 e. The summed E-state index contributed by atoms with van der Waals surface area (Å²) in [6.07, 6.45) is 0.00145. The van der Waals surface area contributed by atoms with Crippen LogP contribution in [0.3, 0.4) is 0 Å². The molecule has 0 saturated heterocycles. The number of amides is 1. The molecule has 5 nitrogen and oxygen atoms in total. The van der Waals surface area contributed by atoms with Gasteiger partial charge in [0.25, 0.3) is 5.91 Å². The fourth-order valence-corrected chi connectivity index (χ4v) is 1.57. The van der Waals surface area contributed by atoms with Crippen molar-refractivity contribution >= 4 is 17.2 Å². The van der Waals surface area contributed by atoms with Gasteiger partial charge in [-0.3, -0.25) is 4.79 Å². The topological polar surface area (TPSA) is 77.2 Å². The first-order valence-electron chi connectivity index (χ1n) is 4.62. The molecule has 0 aliphatic carbocycles. The number of nitrogens with zero attached hydrogens (tertiary/aromatic N) is 1. The van der Waals surface area contributed by atoms with Crippen LogP contribution in [0.4, 0.5) is 0 Å². The lowest BCUT2D eigenvalue weighted by atomic mass is 10.4. The van der Waals surface area contributed by atoms with Crippen molar-refractivity contribution in [2.75, 3.05) is 13.7 Å². The average Bonchev–Trinajstić information content (AvgIpc) is 2.73. The molecule has 1 aromatic heterocycles. The van der Waals surface area contributed by atoms with Gasteiger partial charge in [0.05, 0.1) is 6.10 Å². The summed E-state index contributed by atoms with van der Waals surface area (Å²) in [7, 11) is 1.60. The van der Waals surface area contributed by atoms with Gasteiger partial charge in [0.2, 0.25) is 0 Å². The highest BCUT2D eigenvalue weighted by Gasteiger charge is 2.10. The molecular formula is C9H15N3O2S. The van der Waals surface area contributed by atoms with Crippen LogP contribution in [0.2, 0.25) is 0 Å². The van der Waals surface area contributed by atoms with Crippen LogP contribution < -0.4 is 11.1 Å². The summed E-state index contributed by atoms with van der Waals surface area (Å²) in [4.78, 5) is 15.6. The van der Waals surface area contributed by atoms with Crippen molar-refractivity contribution in [3.05, 3.63) is 16.1 Å². The van der Waals surface area contributed by atoms with E-state index in [-0.39, 0.29) is 12.0 Å². The van der Waals surface area contributed by atoms with Crippen LogP contribution in [0, 0.1) is 0 Å². The molecular weight excluding hydrogens is 214 g/mol. The fourth-order valence-electron chi connectivity index (χ4n) is 0.919.